The number of carbonyl (C=O) groups is 4. The molecular formula is C30H29NO10. The van der Waals surface area contributed by atoms with E-state index in [0.717, 1.165) is 18.4 Å². The molecule has 0 saturated heterocycles. The molecule has 1 amide bonds. The number of phenols is 2. The number of amides is 1. The highest BCUT2D eigenvalue weighted by Crippen LogP contribution is 2.65. The van der Waals surface area contributed by atoms with Gasteiger partial charge in [-0.2, -0.15) is 0 Å². The number of Topliss-reactive ketones (excluding diaryl/α,β-unsaturated/α-hetero) is 3. The maximum atomic E-state index is 14.3. The number of ether oxygens (including phenoxy) is 1. The van der Waals surface area contributed by atoms with Crippen LogP contribution >= 0.6 is 0 Å². The van der Waals surface area contributed by atoms with Crippen LogP contribution in [0.1, 0.15) is 71.9 Å². The predicted molar refractivity (Wildman–Crippen MR) is 143 cm³/mol. The third kappa shape index (κ3) is 2.71. The van der Waals surface area contributed by atoms with Crippen LogP contribution in [0.15, 0.2) is 29.0 Å². The largest absolute Gasteiger partial charge is 0.508 e. The molecule has 11 heteroatoms. The minimum Gasteiger partial charge on any atom is -0.508 e. The van der Waals surface area contributed by atoms with Crippen LogP contribution in [0.3, 0.4) is 0 Å². The molecule has 0 fully saturated rings. The second kappa shape index (κ2) is 7.74. The molecule has 0 aromatic heterocycles. The third-order valence-electron chi connectivity index (χ3n) is 10.0. The number of aromatic hydroxyl groups is 2. The van der Waals surface area contributed by atoms with Crippen LogP contribution in [-0.4, -0.2) is 67.1 Å². The van der Waals surface area contributed by atoms with Gasteiger partial charge in [-0.3, -0.25) is 19.2 Å². The minimum absolute atomic E-state index is 0.104. The van der Waals surface area contributed by atoms with Gasteiger partial charge in [-0.1, -0.05) is 25.5 Å². The molecule has 0 saturated carbocycles. The van der Waals surface area contributed by atoms with Crippen molar-refractivity contribution in [2.24, 2.45) is 11.1 Å². The minimum atomic E-state index is -3.51. The Balaban J connectivity index is 1.80. The molecule has 0 aliphatic heterocycles. The normalized spacial score (nSPS) is 30.0. The number of ketones is 3. The number of fused-ring (bicyclic) bond motifs is 4. The van der Waals surface area contributed by atoms with Crippen LogP contribution in [0.4, 0.5) is 0 Å². The second-order valence-electron chi connectivity index (χ2n) is 12.1. The van der Waals surface area contributed by atoms with E-state index in [0.29, 0.717) is 11.3 Å². The lowest BCUT2D eigenvalue weighted by atomic mass is 9.54. The Labute approximate surface area is 233 Å². The smallest absolute Gasteiger partial charge is 0.255 e. The Hall–Kier alpha value is -4.22. The highest BCUT2D eigenvalue weighted by Gasteiger charge is 2.71. The summed E-state index contributed by atoms with van der Waals surface area (Å²) in [5.74, 6) is -8.17. The lowest BCUT2D eigenvalue weighted by molar-refractivity contribution is -0.139. The number of methoxy groups -OCH3 is 1. The number of phenolic OH excluding ortho intramolecular Hbond substituents is 2. The number of primary amides is 1. The predicted octanol–water partition coefficient (Wildman–Crippen LogP) is 1.93. The maximum Gasteiger partial charge on any atom is 0.255 e. The molecular weight excluding hydrogens is 534 g/mol. The number of aliphatic hydroxyl groups is 3. The monoisotopic (exact) mass is 563 g/mol. The van der Waals surface area contributed by atoms with Crippen molar-refractivity contribution < 1.29 is 49.4 Å². The molecule has 11 nitrogen and oxygen atoms in total. The zero-order valence-electron chi connectivity index (χ0n) is 22.8. The summed E-state index contributed by atoms with van der Waals surface area (Å²) in [7, 11) is 1.42. The quantitative estimate of drug-likeness (QED) is 0.231. The molecule has 6 rings (SSSR count). The van der Waals surface area contributed by atoms with E-state index in [-0.39, 0.29) is 22.8 Å². The number of benzene rings is 2. The van der Waals surface area contributed by atoms with E-state index in [1.165, 1.54) is 13.2 Å². The van der Waals surface area contributed by atoms with Crippen molar-refractivity contribution in [3.63, 3.8) is 0 Å². The Kier molecular flexibility index (Phi) is 5.09. The van der Waals surface area contributed by atoms with Gasteiger partial charge in [0.25, 0.3) is 5.91 Å². The first-order valence-electron chi connectivity index (χ1n) is 13.1. The second-order valence-corrected chi connectivity index (χ2v) is 12.1. The molecule has 0 unspecified atom stereocenters. The van der Waals surface area contributed by atoms with E-state index in [1.54, 1.807) is 0 Å². The van der Waals surface area contributed by atoms with Gasteiger partial charge < -0.3 is 36.0 Å². The van der Waals surface area contributed by atoms with Crippen LogP contribution in [-0.2, 0) is 21.4 Å². The molecule has 0 bridgehead atoms. The van der Waals surface area contributed by atoms with Crippen molar-refractivity contribution in [3.05, 3.63) is 51.3 Å². The molecule has 214 valence electrons. The van der Waals surface area contributed by atoms with Crippen molar-refractivity contribution in [3.8, 4) is 17.2 Å². The molecule has 0 heterocycles. The summed E-state index contributed by atoms with van der Waals surface area (Å²) in [5, 5.41) is 56.7. The van der Waals surface area contributed by atoms with Gasteiger partial charge in [0.1, 0.15) is 22.8 Å². The highest BCUT2D eigenvalue weighted by atomic mass is 16.5. The van der Waals surface area contributed by atoms with E-state index < -0.39 is 85.7 Å². The van der Waals surface area contributed by atoms with E-state index in [2.05, 4.69) is 6.08 Å². The van der Waals surface area contributed by atoms with Crippen molar-refractivity contribution >= 4 is 34.0 Å². The summed E-state index contributed by atoms with van der Waals surface area (Å²) in [5.41, 5.74) is -3.38. The van der Waals surface area contributed by atoms with Crippen LogP contribution in [0.2, 0.25) is 0 Å². The number of nitrogens with two attached hydrogens (primary N) is 1. The van der Waals surface area contributed by atoms with E-state index >= 15 is 0 Å². The summed E-state index contributed by atoms with van der Waals surface area (Å²) in [4.78, 5) is 53.1. The lowest BCUT2D eigenvalue weighted by Gasteiger charge is -2.49. The molecule has 0 radical (unpaired) electrons. The number of allylic oxidation sites excluding steroid dienone is 2. The van der Waals surface area contributed by atoms with Crippen molar-refractivity contribution in [2.45, 2.75) is 63.1 Å². The first-order valence-corrected chi connectivity index (χ1v) is 13.1. The summed E-state index contributed by atoms with van der Waals surface area (Å²) < 4.78 is 5.71. The van der Waals surface area contributed by atoms with Gasteiger partial charge in [0, 0.05) is 28.0 Å². The van der Waals surface area contributed by atoms with Gasteiger partial charge in [0.15, 0.2) is 22.9 Å². The van der Waals surface area contributed by atoms with E-state index in [4.69, 9.17) is 10.5 Å². The topological polar surface area (TPSA) is 205 Å². The summed E-state index contributed by atoms with van der Waals surface area (Å²) >= 11 is 0. The zero-order chi connectivity index (χ0) is 30.2. The number of hydrogen-bond acceptors (Lipinski definition) is 10. The number of hydrogen-bond donors (Lipinski definition) is 6. The Morgan fingerprint density at radius 2 is 1.66 bits per heavy atom. The molecule has 4 aliphatic carbocycles. The van der Waals surface area contributed by atoms with Crippen molar-refractivity contribution in [1.29, 1.82) is 0 Å². The van der Waals surface area contributed by atoms with Crippen molar-refractivity contribution in [1.82, 2.24) is 0 Å². The third-order valence-corrected chi connectivity index (χ3v) is 10.0. The summed E-state index contributed by atoms with van der Waals surface area (Å²) in [6.07, 6.45) is 2.46. The maximum absolute atomic E-state index is 14.3. The molecule has 3 atom stereocenters. The Morgan fingerprint density at radius 1 is 1.00 bits per heavy atom. The summed E-state index contributed by atoms with van der Waals surface area (Å²) in [6, 6.07) is 1.31. The van der Waals surface area contributed by atoms with E-state index in [1.807, 2.05) is 20.8 Å². The SMILES string of the molecule is COc1cc(O)c2c(O)c3c(c4c2c1[C@]1(C4)C(C)=CCCC1(C)C)C(=O)[C@@]1(O)CC(=O)C(C(N)=O)=C(O)[C@@]1(O)C3=O. The molecule has 1 spiro atoms. The van der Waals surface area contributed by atoms with Crippen LogP contribution in [0.5, 0.6) is 17.2 Å². The molecule has 41 heavy (non-hydrogen) atoms. The van der Waals surface area contributed by atoms with Gasteiger partial charge >= 0.3 is 0 Å². The average molecular weight is 564 g/mol. The highest BCUT2D eigenvalue weighted by molar-refractivity contribution is 6.32. The molecule has 7 N–H and O–H groups in total. The fourth-order valence-corrected chi connectivity index (χ4v) is 7.92. The molecule has 2 aromatic carbocycles. The van der Waals surface area contributed by atoms with E-state index in [9.17, 15) is 44.7 Å². The zero-order valence-corrected chi connectivity index (χ0v) is 22.8. The molecule has 2 aromatic rings. The Bertz CT molecular complexity index is 1760. The fourth-order valence-electron chi connectivity index (χ4n) is 7.92. The number of aliphatic hydroxyl groups excluding tert-OH is 1. The van der Waals surface area contributed by atoms with Gasteiger partial charge in [-0.25, -0.2) is 0 Å². The van der Waals surface area contributed by atoms with Gasteiger partial charge in [-0.05, 0) is 37.2 Å². The van der Waals surface area contributed by atoms with Crippen LogP contribution in [0, 0.1) is 5.41 Å². The lowest BCUT2D eigenvalue weighted by Crippen LogP contribution is -2.70. The summed E-state index contributed by atoms with van der Waals surface area (Å²) in [6.45, 7) is 6.03. The van der Waals surface area contributed by atoms with Gasteiger partial charge in [0.2, 0.25) is 11.4 Å². The van der Waals surface area contributed by atoms with Gasteiger partial charge in [0.05, 0.1) is 24.5 Å². The number of rotatable bonds is 2. The average Bonchev–Trinajstić information content (AvgIpc) is 3.24. The molecule has 4 aliphatic rings. The first-order chi connectivity index (χ1) is 19.0. The fraction of sp³-hybridized carbons (Fsp3) is 0.400. The number of carbonyl (C=O) groups excluding carboxylic acids is 4. The van der Waals surface area contributed by atoms with Crippen molar-refractivity contribution in [2.75, 3.05) is 7.11 Å². The van der Waals surface area contributed by atoms with Gasteiger partial charge in [-0.15, -0.1) is 0 Å². The van der Waals surface area contributed by atoms with Crippen LogP contribution in [0.25, 0.3) is 10.8 Å². The Morgan fingerprint density at radius 3 is 2.24 bits per heavy atom. The van der Waals surface area contributed by atoms with Crippen LogP contribution < -0.4 is 10.5 Å². The standard InChI is InChI=1S/C30H29NO10/c1-11-6-5-7-27(2,3)28(11)9-12-16-18(13(32)8-15(41-4)21(16)28)22(34)20-17(12)23(35)29(39)10-14(33)19(26(31)38)24(36)30(29,40)25(20)37/h6,8,32,34,36,39-40H,5,7,9-10H2,1-4H3,(H2,31,38)/t28-,29-,30+/m0/s1. The first kappa shape index (κ1) is 27.0.